The predicted molar refractivity (Wildman–Crippen MR) is 70.7 cm³/mol. The Balaban J connectivity index is 2.72. The fourth-order valence-electron chi connectivity index (χ4n) is 1.36. The van der Waals surface area contributed by atoms with Gasteiger partial charge in [-0.2, -0.15) is 11.3 Å². The molecule has 1 rings (SSSR count). The number of hydrogen-bond acceptors (Lipinski definition) is 3. The SMILES string of the molecule is CN(Cc1ccsc1)C(=O)N(C)C(C)(C)C(=O)O. The molecule has 1 heterocycles. The van der Waals surface area contributed by atoms with Gasteiger partial charge in [0.1, 0.15) is 5.54 Å². The molecule has 0 unspecified atom stereocenters. The van der Waals surface area contributed by atoms with Gasteiger partial charge in [0.2, 0.25) is 0 Å². The van der Waals surface area contributed by atoms with Crippen molar-refractivity contribution in [2.45, 2.75) is 25.9 Å². The van der Waals surface area contributed by atoms with Crippen molar-refractivity contribution in [3.05, 3.63) is 22.4 Å². The van der Waals surface area contributed by atoms with E-state index in [9.17, 15) is 9.59 Å². The molecule has 1 aromatic heterocycles. The van der Waals surface area contributed by atoms with Crippen LogP contribution in [0.25, 0.3) is 0 Å². The monoisotopic (exact) mass is 270 g/mol. The Bertz CT molecular complexity index is 429. The lowest BCUT2D eigenvalue weighted by atomic mass is 10.0. The molecule has 1 N–H and O–H groups in total. The number of urea groups is 1. The highest BCUT2D eigenvalue weighted by Gasteiger charge is 2.36. The van der Waals surface area contributed by atoms with Crippen molar-refractivity contribution in [1.29, 1.82) is 0 Å². The molecule has 6 heteroatoms. The molecule has 0 aliphatic rings. The molecule has 0 spiro atoms. The minimum atomic E-state index is -1.22. The largest absolute Gasteiger partial charge is 0.480 e. The van der Waals surface area contributed by atoms with Gasteiger partial charge in [0.05, 0.1) is 0 Å². The van der Waals surface area contributed by atoms with Gasteiger partial charge in [-0.1, -0.05) is 0 Å². The molecule has 0 aliphatic heterocycles. The lowest BCUT2D eigenvalue weighted by Crippen LogP contribution is -2.54. The van der Waals surface area contributed by atoms with Gasteiger partial charge in [0.15, 0.2) is 0 Å². The number of hydrogen-bond donors (Lipinski definition) is 1. The van der Waals surface area contributed by atoms with Crippen LogP contribution in [-0.4, -0.2) is 46.5 Å². The number of aliphatic carboxylic acids is 1. The Kier molecular flexibility index (Phi) is 4.34. The van der Waals surface area contributed by atoms with Crippen molar-refractivity contribution in [3.8, 4) is 0 Å². The minimum Gasteiger partial charge on any atom is -0.480 e. The van der Waals surface area contributed by atoms with E-state index in [2.05, 4.69) is 0 Å². The van der Waals surface area contributed by atoms with Gasteiger partial charge in [0.25, 0.3) is 0 Å². The Hall–Kier alpha value is -1.56. The number of likely N-dealkylation sites (N-methyl/N-ethyl adjacent to an activating group) is 1. The van der Waals surface area contributed by atoms with Crippen LogP contribution in [0.3, 0.4) is 0 Å². The van der Waals surface area contributed by atoms with Crippen LogP contribution in [0.15, 0.2) is 16.8 Å². The third-order valence-corrected chi connectivity index (χ3v) is 3.71. The molecule has 0 bridgehead atoms. The molecule has 0 radical (unpaired) electrons. The first-order valence-corrected chi connectivity index (χ1v) is 6.44. The molecule has 0 atom stereocenters. The van der Waals surface area contributed by atoms with Gasteiger partial charge in [-0.15, -0.1) is 0 Å². The number of carbonyl (C=O) groups is 2. The average molecular weight is 270 g/mol. The Morgan fingerprint density at radius 3 is 2.44 bits per heavy atom. The molecule has 0 saturated carbocycles. The Morgan fingerprint density at radius 2 is 2.00 bits per heavy atom. The van der Waals surface area contributed by atoms with E-state index >= 15 is 0 Å². The zero-order valence-electron chi connectivity index (χ0n) is 11.0. The van der Waals surface area contributed by atoms with Crippen LogP contribution in [0.2, 0.25) is 0 Å². The van der Waals surface area contributed by atoms with E-state index in [1.54, 1.807) is 18.4 Å². The summed E-state index contributed by atoms with van der Waals surface area (Å²) in [6.07, 6.45) is 0. The maximum absolute atomic E-state index is 12.1. The fourth-order valence-corrected chi connectivity index (χ4v) is 2.02. The van der Waals surface area contributed by atoms with E-state index < -0.39 is 11.5 Å². The predicted octanol–water partition coefficient (Wildman–Crippen LogP) is 2.09. The lowest BCUT2D eigenvalue weighted by Gasteiger charge is -2.34. The zero-order chi connectivity index (χ0) is 13.9. The van der Waals surface area contributed by atoms with Gasteiger partial charge in [-0.05, 0) is 36.2 Å². The summed E-state index contributed by atoms with van der Waals surface area (Å²) in [5.74, 6) is -1.03. The van der Waals surface area contributed by atoms with Gasteiger partial charge < -0.3 is 14.9 Å². The summed E-state index contributed by atoms with van der Waals surface area (Å²) < 4.78 is 0. The van der Waals surface area contributed by atoms with E-state index in [4.69, 9.17) is 5.11 Å². The Morgan fingerprint density at radius 1 is 1.39 bits per heavy atom. The first-order chi connectivity index (χ1) is 8.26. The normalized spacial score (nSPS) is 11.1. The van der Waals surface area contributed by atoms with Crippen molar-refractivity contribution in [2.24, 2.45) is 0 Å². The summed E-state index contributed by atoms with van der Waals surface area (Å²) in [4.78, 5) is 26.0. The van der Waals surface area contributed by atoms with E-state index in [1.165, 1.54) is 30.7 Å². The number of carboxylic acid groups (broad SMARTS) is 1. The Labute approximate surface area is 111 Å². The molecule has 5 nitrogen and oxygen atoms in total. The maximum Gasteiger partial charge on any atom is 0.329 e. The van der Waals surface area contributed by atoms with Crippen LogP contribution >= 0.6 is 11.3 Å². The van der Waals surface area contributed by atoms with Crippen LogP contribution in [0, 0.1) is 0 Å². The number of carboxylic acids is 1. The lowest BCUT2D eigenvalue weighted by molar-refractivity contribution is -0.147. The molecule has 18 heavy (non-hydrogen) atoms. The number of thiophene rings is 1. The van der Waals surface area contributed by atoms with Crippen molar-refractivity contribution in [2.75, 3.05) is 14.1 Å². The number of amides is 2. The van der Waals surface area contributed by atoms with Crippen LogP contribution in [-0.2, 0) is 11.3 Å². The molecular formula is C12H18N2O3S. The van der Waals surface area contributed by atoms with Crippen molar-refractivity contribution < 1.29 is 14.7 Å². The highest BCUT2D eigenvalue weighted by molar-refractivity contribution is 7.07. The molecule has 0 fully saturated rings. The molecule has 1 aromatic rings. The third-order valence-electron chi connectivity index (χ3n) is 2.98. The number of carbonyl (C=O) groups excluding carboxylic acids is 1. The summed E-state index contributed by atoms with van der Waals surface area (Å²) in [6, 6.07) is 1.63. The second kappa shape index (κ2) is 5.39. The number of rotatable bonds is 4. The second-order valence-corrected chi connectivity index (χ2v) is 5.47. The first-order valence-electron chi connectivity index (χ1n) is 5.50. The third kappa shape index (κ3) is 3.01. The van der Waals surface area contributed by atoms with Gasteiger partial charge in [-0.25, -0.2) is 9.59 Å². The molecule has 0 aromatic carbocycles. The van der Waals surface area contributed by atoms with E-state index in [0.29, 0.717) is 6.54 Å². The van der Waals surface area contributed by atoms with E-state index in [1.807, 2.05) is 16.8 Å². The molecule has 2 amide bonds. The fraction of sp³-hybridized carbons (Fsp3) is 0.500. The first kappa shape index (κ1) is 14.5. The van der Waals surface area contributed by atoms with Gasteiger partial charge in [-0.3, -0.25) is 0 Å². The van der Waals surface area contributed by atoms with Crippen molar-refractivity contribution >= 4 is 23.3 Å². The van der Waals surface area contributed by atoms with Crippen LogP contribution in [0.5, 0.6) is 0 Å². The summed E-state index contributed by atoms with van der Waals surface area (Å²) in [5, 5.41) is 13.0. The number of nitrogens with zero attached hydrogens (tertiary/aromatic N) is 2. The minimum absolute atomic E-state index is 0.311. The highest BCUT2D eigenvalue weighted by atomic mass is 32.1. The van der Waals surface area contributed by atoms with Crippen LogP contribution in [0.4, 0.5) is 4.79 Å². The summed E-state index contributed by atoms with van der Waals surface area (Å²) >= 11 is 1.57. The standard InChI is InChI=1S/C12H18N2O3S/c1-12(2,10(15)16)14(4)11(17)13(3)7-9-5-6-18-8-9/h5-6,8H,7H2,1-4H3,(H,15,16). The van der Waals surface area contributed by atoms with E-state index in [0.717, 1.165) is 5.56 Å². The molecule has 100 valence electrons. The quantitative estimate of drug-likeness (QED) is 0.911. The molecule has 0 aliphatic carbocycles. The van der Waals surface area contributed by atoms with Crippen molar-refractivity contribution in [1.82, 2.24) is 9.80 Å². The second-order valence-electron chi connectivity index (χ2n) is 4.69. The summed E-state index contributed by atoms with van der Waals surface area (Å²) in [6.45, 7) is 3.49. The average Bonchev–Trinajstić information content (AvgIpc) is 2.79. The maximum atomic E-state index is 12.1. The summed E-state index contributed by atoms with van der Waals surface area (Å²) in [7, 11) is 3.16. The van der Waals surface area contributed by atoms with Crippen LogP contribution < -0.4 is 0 Å². The molecular weight excluding hydrogens is 252 g/mol. The van der Waals surface area contributed by atoms with Gasteiger partial charge in [0, 0.05) is 20.6 Å². The topological polar surface area (TPSA) is 60.9 Å². The van der Waals surface area contributed by atoms with E-state index in [-0.39, 0.29) is 6.03 Å². The smallest absolute Gasteiger partial charge is 0.329 e. The van der Waals surface area contributed by atoms with Crippen molar-refractivity contribution in [3.63, 3.8) is 0 Å². The highest BCUT2D eigenvalue weighted by Crippen LogP contribution is 2.16. The molecule has 0 saturated heterocycles. The zero-order valence-corrected chi connectivity index (χ0v) is 11.8. The van der Waals surface area contributed by atoms with Gasteiger partial charge >= 0.3 is 12.0 Å². The summed E-state index contributed by atoms with van der Waals surface area (Å²) in [5.41, 5.74) is -0.183. The van der Waals surface area contributed by atoms with Crippen LogP contribution in [0.1, 0.15) is 19.4 Å².